The Labute approximate surface area is 160 Å². The van der Waals surface area contributed by atoms with Crippen LogP contribution >= 0.6 is 22.9 Å². The standard InChI is InChI=1S/C20H16ClNO3S/c1-2-12-3-5-14(6-4-12)19(23)22-16-11-26-18(17(16)20(24)25)13-7-9-15(21)10-8-13/h3-11H,2H2,1H3,(H,22,23)(H,24,25). The molecule has 1 aromatic heterocycles. The van der Waals surface area contributed by atoms with Crippen LogP contribution in [0.2, 0.25) is 5.02 Å². The van der Waals surface area contributed by atoms with E-state index in [2.05, 4.69) is 5.32 Å². The van der Waals surface area contributed by atoms with Gasteiger partial charge < -0.3 is 10.4 Å². The number of aryl methyl sites for hydroxylation is 1. The second-order valence-corrected chi connectivity index (χ2v) is 6.99. The molecule has 4 nitrogen and oxygen atoms in total. The highest BCUT2D eigenvalue weighted by Gasteiger charge is 2.21. The molecule has 0 radical (unpaired) electrons. The summed E-state index contributed by atoms with van der Waals surface area (Å²) >= 11 is 7.16. The van der Waals surface area contributed by atoms with E-state index in [0.717, 1.165) is 17.5 Å². The average Bonchev–Trinajstić information content (AvgIpc) is 3.06. The van der Waals surface area contributed by atoms with Gasteiger partial charge in [0.2, 0.25) is 0 Å². The van der Waals surface area contributed by atoms with Gasteiger partial charge in [0.15, 0.2) is 0 Å². The van der Waals surface area contributed by atoms with Gasteiger partial charge in [0.05, 0.1) is 10.6 Å². The van der Waals surface area contributed by atoms with Gasteiger partial charge in [-0.15, -0.1) is 11.3 Å². The lowest BCUT2D eigenvalue weighted by atomic mass is 10.1. The van der Waals surface area contributed by atoms with Crippen LogP contribution in [0.15, 0.2) is 53.9 Å². The summed E-state index contributed by atoms with van der Waals surface area (Å²) in [5, 5.41) is 14.6. The van der Waals surface area contributed by atoms with Crippen molar-refractivity contribution in [3.05, 3.63) is 75.6 Å². The normalized spacial score (nSPS) is 10.5. The first-order valence-electron chi connectivity index (χ1n) is 8.00. The number of thiophene rings is 1. The van der Waals surface area contributed by atoms with Crippen molar-refractivity contribution in [2.75, 3.05) is 5.32 Å². The number of carbonyl (C=O) groups is 2. The van der Waals surface area contributed by atoms with Gasteiger partial charge in [-0.3, -0.25) is 4.79 Å². The van der Waals surface area contributed by atoms with Crippen LogP contribution in [-0.4, -0.2) is 17.0 Å². The second-order valence-electron chi connectivity index (χ2n) is 5.67. The Balaban J connectivity index is 1.91. The minimum Gasteiger partial charge on any atom is -0.478 e. The summed E-state index contributed by atoms with van der Waals surface area (Å²) in [7, 11) is 0. The summed E-state index contributed by atoms with van der Waals surface area (Å²) in [5.74, 6) is -1.43. The highest BCUT2D eigenvalue weighted by Crippen LogP contribution is 2.36. The number of nitrogens with one attached hydrogen (secondary N) is 1. The Morgan fingerprint density at radius 1 is 1.08 bits per heavy atom. The van der Waals surface area contributed by atoms with Gasteiger partial charge in [-0.1, -0.05) is 42.8 Å². The number of benzene rings is 2. The van der Waals surface area contributed by atoms with Gasteiger partial charge in [0.1, 0.15) is 5.56 Å². The zero-order chi connectivity index (χ0) is 18.7. The molecule has 26 heavy (non-hydrogen) atoms. The third kappa shape index (κ3) is 3.79. The number of halogens is 1. The quantitative estimate of drug-likeness (QED) is 0.602. The third-order valence-corrected chi connectivity index (χ3v) is 5.26. The molecule has 3 aromatic rings. The van der Waals surface area contributed by atoms with E-state index in [1.165, 1.54) is 11.3 Å². The molecule has 1 amide bonds. The molecule has 2 N–H and O–H groups in total. The van der Waals surface area contributed by atoms with Gasteiger partial charge in [0.25, 0.3) is 5.91 Å². The number of amides is 1. The number of hydrogen-bond acceptors (Lipinski definition) is 3. The number of anilines is 1. The number of aromatic carboxylic acids is 1. The fourth-order valence-corrected chi connectivity index (χ4v) is 3.69. The maximum absolute atomic E-state index is 12.5. The van der Waals surface area contributed by atoms with Gasteiger partial charge >= 0.3 is 5.97 Å². The number of hydrogen-bond donors (Lipinski definition) is 2. The van der Waals surface area contributed by atoms with E-state index in [9.17, 15) is 14.7 Å². The zero-order valence-electron chi connectivity index (χ0n) is 14.0. The fourth-order valence-electron chi connectivity index (χ4n) is 2.56. The molecule has 3 rings (SSSR count). The topological polar surface area (TPSA) is 66.4 Å². The maximum Gasteiger partial charge on any atom is 0.339 e. The van der Waals surface area contributed by atoms with E-state index in [1.54, 1.807) is 41.8 Å². The molecule has 0 unspecified atom stereocenters. The Bertz CT molecular complexity index is 946. The monoisotopic (exact) mass is 385 g/mol. The zero-order valence-corrected chi connectivity index (χ0v) is 15.5. The highest BCUT2D eigenvalue weighted by atomic mass is 35.5. The lowest BCUT2D eigenvalue weighted by Gasteiger charge is -2.07. The number of carbonyl (C=O) groups excluding carboxylic acids is 1. The molecule has 6 heteroatoms. The molecule has 0 fully saturated rings. The summed E-state index contributed by atoms with van der Waals surface area (Å²) in [5.41, 5.74) is 2.73. The first kappa shape index (κ1) is 18.2. The van der Waals surface area contributed by atoms with Crippen LogP contribution in [0.4, 0.5) is 5.69 Å². The van der Waals surface area contributed by atoms with Crippen LogP contribution in [0.25, 0.3) is 10.4 Å². The molecule has 2 aromatic carbocycles. The predicted molar refractivity (Wildman–Crippen MR) is 105 cm³/mol. The van der Waals surface area contributed by atoms with Gasteiger partial charge in [-0.25, -0.2) is 4.79 Å². The smallest absolute Gasteiger partial charge is 0.339 e. The fraction of sp³-hybridized carbons (Fsp3) is 0.100. The molecule has 1 heterocycles. The number of carboxylic acid groups (broad SMARTS) is 1. The van der Waals surface area contributed by atoms with Crippen molar-refractivity contribution in [2.24, 2.45) is 0 Å². The van der Waals surface area contributed by atoms with Crippen molar-refractivity contribution in [3.63, 3.8) is 0 Å². The molecular weight excluding hydrogens is 370 g/mol. The van der Waals surface area contributed by atoms with Crippen molar-refractivity contribution in [3.8, 4) is 10.4 Å². The second kappa shape index (κ2) is 7.72. The molecule has 0 bridgehead atoms. The number of carboxylic acids is 1. The SMILES string of the molecule is CCc1ccc(C(=O)Nc2csc(-c3ccc(Cl)cc3)c2C(=O)O)cc1. The lowest BCUT2D eigenvalue weighted by Crippen LogP contribution is -2.14. The van der Waals surface area contributed by atoms with Crippen LogP contribution < -0.4 is 5.32 Å². The van der Waals surface area contributed by atoms with Crippen molar-refractivity contribution >= 4 is 40.5 Å². The van der Waals surface area contributed by atoms with Crippen LogP contribution in [0.1, 0.15) is 33.2 Å². The molecule has 0 aliphatic heterocycles. The van der Waals surface area contributed by atoms with E-state index in [-0.39, 0.29) is 17.2 Å². The average molecular weight is 386 g/mol. The molecule has 0 spiro atoms. The Morgan fingerprint density at radius 2 is 1.73 bits per heavy atom. The maximum atomic E-state index is 12.5. The van der Waals surface area contributed by atoms with Crippen molar-refractivity contribution in [1.82, 2.24) is 0 Å². The first-order valence-corrected chi connectivity index (χ1v) is 9.26. The molecule has 132 valence electrons. The molecular formula is C20H16ClNO3S. The van der Waals surface area contributed by atoms with Gasteiger partial charge in [-0.2, -0.15) is 0 Å². The van der Waals surface area contributed by atoms with Crippen LogP contribution in [0.3, 0.4) is 0 Å². The van der Waals surface area contributed by atoms with E-state index in [1.807, 2.05) is 19.1 Å². The first-order chi connectivity index (χ1) is 12.5. The van der Waals surface area contributed by atoms with Crippen LogP contribution in [-0.2, 0) is 6.42 Å². The van der Waals surface area contributed by atoms with Gasteiger partial charge in [-0.05, 0) is 41.8 Å². The molecule has 0 saturated heterocycles. The summed E-state index contributed by atoms with van der Waals surface area (Å²) in [4.78, 5) is 24.8. The van der Waals surface area contributed by atoms with Crippen molar-refractivity contribution in [2.45, 2.75) is 13.3 Å². The van der Waals surface area contributed by atoms with Crippen LogP contribution in [0.5, 0.6) is 0 Å². The van der Waals surface area contributed by atoms with Crippen LogP contribution in [0, 0.1) is 0 Å². The summed E-state index contributed by atoms with van der Waals surface area (Å²) in [6.07, 6.45) is 0.889. The molecule has 0 saturated carbocycles. The lowest BCUT2D eigenvalue weighted by molar-refractivity contribution is 0.0699. The van der Waals surface area contributed by atoms with E-state index in [4.69, 9.17) is 11.6 Å². The predicted octanol–water partition coefficient (Wildman–Crippen LogP) is 5.58. The van der Waals surface area contributed by atoms with Crippen molar-refractivity contribution in [1.29, 1.82) is 0 Å². The van der Waals surface area contributed by atoms with E-state index in [0.29, 0.717) is 15.5 Å². The Kier molecular flexibility index (Phi) is 5.40. The molecule has 0 aliphatic carbocycles. The summed E-state index contributed by atoms with van der Waals surface area (Å²) in [6.45, 7) is 2.04. The van der Waals surface area contributed by atoms with E-state index >= 15 is 0 Å². The summed E-state index contributed by atoms with van der Waals surface area (Å²) in [6, 6.07) is 14.2. The minimum atomic E-state index is -1.09. The van der Waals surface area contributed by atoms with Crippen molar-refractivity contribution < 1.29 is 14.7 Å². The Hall–Kier alpha value is -2.63. The Morgan fingerprint density at radius 3 is 2.31 bits per heavy atom. The molecule has 0 aliphatic rings. The van der Waals surface area contributed by atoms with Gasteiger partial charge in [0, 0.05) is 16.0 Å². The third-order valence-electron chi connectivity index (χ3n) is 3.98. The largest absolute Gasteiger partial charge is 0.478 e. The molecule has 0 atom stereocenters. The van der Waals surface area contributed by atoms with E-state index < -0.39 is 5.97 Å². The highest BCUT2D eigenvalue weighted by molar-refractivity contribution is 7.14. The summed E-state index contributed by atoms with van der Waals surface area (Å²) < 4.78 is 0. The minimum absolute atomic E-state index is 0.0795. The number of rotatable bonds is 5.